The van der Waals surface area contributed by atoms with Crippen molar-refractivity contribution in [2.75, 3.05) is 0 Å². The third-order valence-electron chi connectivity index (χ3n) is 4.25. The third kappa shape index (κ3) is 4.02. The first-order chi connectivity index (χ1) is 11.6. The molecular weight excluding hydrogens is 304 g/mol. The molecule has 2 aromatic carbocycles. The van der Waals surface area contributed by atoms with Crippen LogP contribution in [0.25, 0.3) is 0 Å². The molecule has 0 saturated carbocycles. The van der Waals surface area contributed by atoms with E-state index < -0.39 is 18.0 Å². The minimum atomic E-state index is -0.996. The summed E-state index contributed by atoms with van der Waals surface area (Å²) in [5.41, 5.74) is 1.52. The van der Waals surface area contributed by atoms with E-state index in [9.17, 15) is 5.11 Å². The zero-order valence-electron chi connectivity index (χ0n) is 14.1. The van der Waals surface area contributed by atoms with Gasteiger partial charge in [0.05, 0.1) is 18.8 Å². The van der Waals surface area contributed by atoms with Crippen molar-refractivity contribution in [3.8, 4) is 0 Å². The lowest BCUT2D eigenvalue weighted by Gasteiger charge is -2.28. The van der Waals surface area contributed by atoms with E-state index in [2.05, 4.69) is 0 Å². The number of aliphatic hydroxyl groups excluding tert-OH is 1. The zero-order valence-corrected chi connectivity index (χ0v) is 14.1. The van der Waals surface area contributed by atoms with Crippen LogP contribution >= 0.6 is 0 Å². The maximum absolute atomic E-state index is 10.2. The van der Waals surface area contributed by atoms with E-state index in [4.69, 9.17) is 14.2 Å². The molecule has 0 amide bonds. The average Bonchev–Trinajstić information content (AvgIpc) is 2.80. The van der Waals surface area contributed by atoms with Crippen LogP contribution in [0.4, 0.5) is 0 Å². The van der Waals surface area contributed by atoms with E-state index in [-0.39, 0.29) is 6.10 Å². The highest BCUT2D eigenvalue weighted by molar-refractivity contribution is 5.14. The molecule has 1 saturated heterocycles. The molecule has 0 bridgehead atoms. The van der Waals surface area contributed by atoms with Crippen LogP contribution in [0, 0.1) is 0 Å². The highest BCUT2D eigenvalue weighted by atomic mass is 16.7. The van der Waals surface area contributed by atoms with Gasteiger partial charge in [0.15, 0.2) is 6.29 Å². The maximum Gasteiger partial charge on any atom is 0.184 e. The van der Waals surface area contributed by atoms with Crippen molar-refractivity contribution in [1.29, 1.82) is 0 Å². The molecular formula is C20H24O4. The summed E-state index contributed by atoms with van der Waals surface area (Å²) in [6.45, 7) is 4.69. The van der Waals surface area contributed by atoms with Crippen molar-refractivity contribution in [2.24, 2.45) is 0 Å². The number of rotatable bonds is 6. The highest BCUT2D eigenvalue weighted by Crippen LogP contribution is 2.34. The molecule has 0 spiro atoms. The van der Waals surface area contributed by atoms with Gasteiger partial charge in [-0.25, -0.2) is 0 Å². The van der Waals surface area contributed by atoms with E-state index in [1.807, 2.05) is 74.5 Å². The second kappa shape index (κ2) is 7.45. The van der Waals surface area contributed by atoms with E-state index in [1.165, 1.54) is 0 Å². The van der Waals surface area contributed by atoms with Crippen molar-refractivity contribution in [3.63, 3.8) is 0 Å². The minimum Gasteiger partial charge on any atom is -0.368 e. The smallest absolute Gasteiger partial charge is 0.184 e. The molecule has 1 aliphatic heterocycles. The lowest BCUT2D eigenvalue weighted by molar-refractivity contribution is -0.161. The monoisotopic (exact) mass is 328 g/mol. The predicted molar refractivity (Wildman–Crippen MR) is 91.2 cm³/mol. The SMILES string of the molecule is CC1(C)O[C@H](O)[C@H](OCc2ccccc2)[C@@H]1OCc1ccccc1. The molecule has 3 rings (SSSR count). The van der Waals surface area contributed by atoms with Crippen molar-refractivity contribution >= 4 is 0 Å². The van der Waals surface area contributed by atoms with Gasteiger partial charge in [0.1, 0.15) is 12.2 Å². The highest BCUT2D eigenvalue weighted by Gasteiger charge is 2.50. The van der Waals surface area contributed by atoms with Crippen LogP contribution < -0.4 is 0 Å². The first-order valence-corrected chi connectivity index (χ1v) is 8.23. The van der Waals surface area contributed by atoms with Gasteiger partial charge in [0.2, 0.25) is 0 Å². The Morgan fingerprint density at radius 2 is 1.38 bits per heavy atom. The van der Waals surface area contributed by atoms with E-state index >= 15 is 0 Å². The molecule has 0 aromatic heterocycles. The van der Waals surface area contributed by atoms with Crippen LogP contribution in [-0.2, 0) is 27.4 Å². The number of ether oxygens (including phenoxy) is 3. The van der Waals surface area contributed by atoms with E-state index in [1.54, 1.807) is 0 Å². The number of hydrogen-bond donors (Lipinski definition) is 1. The molecule has 1 N–H and O–H groups in total. The van der Waals surface area contributed by atoms with E-state index in [0.29, 0.717) is 13.2 Å². The van der Waals surface area contributed by atoms with Gasteiger partial charge in [-0.3, -0.25) is 0 Å². The van der Waals surface area contributed by atoms with E-state index in [0.717, 1.165) is 11.1 Å². The Kier molecular flexibility index (Phi) is 5.31. The van der Waals surface area contributed by atoms with Crippen LogP contribution in [0.1, 0.15) is 25.0 Å². The summed E-state index contributed by atoms with van der Waals surface area (Å²) in [5, 5.41) is 10.2. The number of benzene rings is 2. The summed E-state index contributed by atoms with van der Waals surface area (Å²) >= 11 is 0. The van der Waals surface area contributed by atoms with Gasteiger partial charge in [-0.1, -0.05) is 60.7 Å². The molecule has 0 radical (unpaired) electrons. The fourth-order valence-corrected chi connectivity index (χ4v) is 2.98. The van der Waals surface area contributed by atoms with Gasteiger partial charge >= 0.3 is 0 Å². The standard InChI is InChI=1S/C20H24O4/c1-20(2)18(23-14-16-11-7-4-8-12-16)17(19(21)24-20)22-13-15-9-5-3-6-10-15/h3-12,17-19,21H,13-14H2,1-2H3/t17-,18+,19+/m1/s1. The Morgan fingerprint density at radius 3 is 1.92 bits per heavy atom. The van der Waals surface area contributed by atoms with Crippen LogP contribution in [0.5, 0.6) is 0 Å². The van der Waals surface area contributed by atoms with Crippen LogP contribution in [0.2, 0.25) is 0 Å². The predicted octanol–water partition coefficient (Wildman–Crippen LogP) is 3.28. The molecule has 4 nitrogen and oxygen atoms in total. The molecule has 0 aliphatic carbocycles. The lowest BCUT2D eigenvalue weighted by atomic mass is 9.99. The molecule has 1 heterocycles. The molecule has 1 aliphatic rings. The Hall–Kier alpha value is -1.72. The largest absolute Gasteiger partial charge is 0.368 e. The number of hydrogen-bond acceptors (Lipinski definition) is 4. The van der Waals surface area contributed by atoms with Crippen LogP contribution in [-0.4, -0.2) is 29.2 Å². The lowest BCUT2D eigenvalue weighted by Crippen LogP contribution is -2.42. The number of aliphatic hydroxyl groups is 1. The quantitative estimate of drug-likeness (QED) is 0.884. The van der Waals surface area contributed by atoms with Crippen molar-refractivity contribution in [1.82, 2.24) is 0 Å². The first-order valence-electron chi connectivity index (χ1n) is 8.23. The molecule has 3 atom stereocenters. The molecule has 128 valence electrons. The summed E-state index contributed by atoms with van der Waals surface area (Å²) in [6.07, 6.45) is -1.87. The topological polar surface area (TPSA) is 47.9 Å². The Labute approximate surface area is 143 Å². The zero-order chi connectivity index (χ0) is 17.0. The molecule has 1 fully saturated rings. The summed E-state index contributed by atoms with van der Waals surface area (Å²) < 4.78 is 17.7. The van der Waals surface area contributed by atoms with Crippen molar-refractivity contribution in [2.45, 2.75) is 51.2 Å². The third-order valence-corrected chi connectivity index (χ3v) is 4.25. The second-order valence-electron chi connectivity index (χ2n) is 6.59. The summed E-state index contributed by atoms with van der Waals surface area (Å²) in [5.74, 6) is 0. The summed E-state index contributed by atoms with van der Waals surface area (Å²) in [4.78, 5) is 0. The maximum atomic E-state index is 10.2. The van der Waals surface area contributed by atoms with Crippen molar-refractivity contribution < 1.29 is 19.3 Å². The summed E-state index contributed by atoms with van der Waals surface area (Å²) in [7, 11) is 0. The fourth-order valence-electron chi connectivity index (χ4n) is 2.98. The Morgan fingerprint density at radius 1 is 0.875 bits per heavy atom. The van der Waals surface area contributed by atoms with Gasteiger partial charge < -0.3 is 19.3 Å². The Bertz CT molecular complexity index is 627. The minimum absolute atomic E-state index is 0.351. The second-order valence-corrected chi connectivity index (χ2v) is 6.59. The molecule has 2 aromatic rings. The van der Waals surface area contributed by atoms with Crippen LogP contribution in [0.15, 0.2) is 60.7 Å². The van der Waals surface area contributed by atoms with Gasteiger partial charge in [-0.2, -0.15) is 0 Å². The van der Waals surface area contributed by atoms with Crippen LogP contribution in [0.3, 0.4) is 0 Å². The Balaban J connectivity index is 1.66. The first kappa shape index (κ1) is 17.1. The van der Waals surface area contributed by atoms with Gasteiger partial charge in [0.25, 0.3) is 0 Å². The average molecular weight is 328 g/mol. The molecule has 4 heteroatoms. The van der Waals surface area contributed by atoms with Gasteiger partial charge in [-0.15, -0.1) is 0 Å². The fraction of sp³-hybridized carbons (Fsp3) is 0.400. The normalized spacial score (nSPS) is 25.7. The van der Waals surface area contributed by atoms with Gasteiger partial charge in [0, 0.05) is 0 Å². The molecule has 24 heavy (non-hydrogen) atoms. The van der Waals surface area contributed by atoms with Gasteiger partial charge in [-0.05, 0) is 25.0 Å². The summed E-state index contributed by atoms with van der Waals surface area (Å²) in [6, 6.07) is 19.8. The molecule has 0 unspecified atom stereocenters. The van der Waals surface area contributed by atoms with Crippen molar-refractivity contribution in [3.05, 3.63) is 71.8 Å².